The van der Waals surface area contributed by atoms with Gasteiger partial charge < -0.3 is 10.1 Å². The van der Waals surface area contributed by atoms with Crippen LogP contribution >= 0.6 is 11.6 Å². The van der Waals surface area contributed by atoms with Crippen molar-refractivity contribution < 1.29 is 26.7 Å². The molecule has 0 bridgehead atoms. The van der Waals surface area contributed by atoms with E-state index in [-0.39, 0.29) is 46.0 Å². The number of anilines is 1. The van der Waals surface area contributed by atoms with E-state index in [1.165, 1.54) is 18.2 Å². The van der Waals surface area contributed by atoms with Crippen molar-refractivity contribution in [3.63, 3.8) is 0 Å². The van der Waals surface area contributed by atoms with Crippen molar-refractivity contribution in [2.45, 2.75) is 18.4 Å². The van der Waals surface area contributed by atoms with Gasteiger partial charge in [-0.1, -0.05) is 24.6 Å². The van der Waals surface area contributed by atoms with Crippen LogP contribution in [0.3, 0.4) is 0 Å². The lowest BCUT2D eigenvalue weighted by Crippen LogP contribution is -2.32. The zero-order valence-electron chi connectivity index (χ0n) is 14.1. The van der Waals surface area contributed by atoms with Crippen molar-refractivity contribution in [2.24, 2.45) is 0 Å². The smallest absolute Gasteiger partial charge is 0.262 e. The molecule has 0 saturated carbocycles. The van der Waals surface area contributed by atoms with Crippen molar-refractivity contribution in [3.05, 3.63) is 52.6 Å². The summed E-state index contributed by atoms with van der Waals surface area (Å²) in [4.78, 5) is 11.1. The first kappa shape index (κ1) is 19.5. The van der Waals surface area contributed by atoms with Crippen LogP contribution in [0.2, 0.25) is 5.02 Å². The van der Waals surface area contributed by atoms with Crippen molar-refractivity contribution in [1.29, 1.82) is 0 Å². The van der Waals surface area contributed by atoms with Crippen molar-refractivity contribution >= 4 is 33.2 Å². The minimum Gasteiger partial charge on any atom is -0.482 e. The molecule has 2 aromatic rings. The zero-order valence-corrected chi connectivity index (χ0v) is 15.7. The summed E-state index contributed by atoms with van der Waals surface area (Å²) < 4.78 is 60.0. The summed E-state index contributed by atoms with van der Waals surface area (Å²) in [6, 6.07) is 5.76. The molecule has 0 fully saturated rings. The van der Waals surface area contributed by atoms with Gasteiger partial charge in [-0.25, -0.2) is 17.2 Å². The number of halogens is 3. The van der Waals surface area contributed by atoms with E-state index in [2.05, 4.69) is 5.32 Å². The van der Waals surface area contributed by atoms with Gasteiger partial charge in [0.1, 0.15) is 22.3 Å². The molecule has 0 radical (unpaired) electrons. The highest BCUT2D eigenvalue weighted by molar-refractivity contribution is 7.89. The summed E-state index contributed by atoms with van der Waals surface area (Å²) in [5.74, 6) is -1.93. The number of nitrogens with zero attached hydrogens (tertiary/aromatic N) is 1. The van der Waals surface area contributed by atoms with Gasteiger partial charge in [0.25, 0.3) is 5.91 Å². The number of ether oxygens (including phenoxy) is 1. The number of fused-ring (bicyclic) bond motifs is 1. The fraction of sp³-hybridized carbons (Fsp3) is 0.235. The fourth-order valence-corrected chi connectivity index (χ4v) is 4.58. The molecule has 1 amide bonds. The normalized spacial score (nSPS) is 13.9. The number of sulfonamides is 1. The van der Waals surface area contributed by atoms with Gasteiger partial charge in [-0.05, 0) is 18.2 Å². The van der Waals surface area contributed by atoms with Gasteiger partial charge in [-0.3, -0.25) is 4.79 Å². The SMILES string of the molecule is CCN(Cc1c(F)cccc1F)S(=O)(=O)c1cc2c(cc1Cl)NC(=O)CO2. The molecule has 6 nitrogen and oxygen atoms in total. The third-order valence-corrected chi connectivity index (χ3v) is 6.42. The molecule has 10 heteroatoms. The van der Waals surface area contributed by atoms with E-state index in [1.807, 2.05) is 0 Å². The number of hydrogen-bond acceptors (Lipinski definition) is 4. The molecule has 1 heterocycles. The first-order valence-electron chi connectivity index (χ1n) is 7.93. The number of carbonyl (C=O) groups is 1. The van der Waals surface area contributed by atoms with Crippen molar-refractivity contribution in [2.75, 3.05) is 18.5 Å². The maximum Gasteiger partial charge on any atom is 0.262 e. The van der Waals surface area contributed by atoms with Gasteiger partial charge >= 0.3 is 0 Å². The molecule has 0 atom stereocenters. The van der Waals surface area contributed by atoms with Crippen molar-refractivity contribution in [1.82, 2.24) is 4.31 Å². The molecule has 0 spiro atoms. The Hall–Kier alpha value is -2.23. The number of benzene rings is 2. The molecule has 27 heavy (non-hydrogen) atoms. The van der Waals surface area contributed by atoms with Gasteiger partial charge in [0, 0.05) is 24.7 Å². The van der Waals surface area contributed by atoms with Crippen LogP contribution in [0.25, 0.3) is 0 Å². The molecule has 144 valence electrons. The zero-order chi connectivity index (χ0) is 19.8. The van der Waals surface area contributed by atoms with Crippen LogP contribution in [0.5, 0.6) is 5.75 Å². The van der Waals surface area contributed by atoms with Crippen LogP contribution < -0.4 is 10.1 Å². The quantitative estimate of drug-likeness (QED) is 0.812. The number of amides is 1. The highest BCUT2D eigenvalue weighted by Gasteiger charge is 2.30. The maximum atomic E-state index is 13.9. The molecule has 0 aromatic heterocycles. The third kappa shape index (κ3) is 3.76. The highest BCUT2D eigenvalue weighted by atomic mass is 35.5. The lowest BCUT2D eigenvalue weighted by Gasteiger charge is -2.24. The number of hydrogen-bond donors (Lipinski definition) is 1. The molecule has 0 saturated heterocycles. The van der Waals surface area contributed by atoms with Crippen molar-refractivity contribution in [3.8, 4) is 5.75 Å². The highest BCUT2D eigenvalue weighted by Crippen LogP contribution is 2.37. The maximum absolute atomic E-state index is 13.9. The summed E-state index contributed by atoms with van der Waals surface area (Å²) in [6.45, 7) is 0.745. The number of rotatable bonds is 5. The summed E-state index contributed by atoms with van der Waals surface area (Å²) in [5.41, 5.74) is -0.112. The standard InChI is InChI=1S/C17H15ClF2N2O4S/c1-2-22(8-10-12(19)4-3-5-13(10)20)27(24,25)16-7-15-14(6-11(16)18)21-17(23)9-26-15/h3-7H,2,8-9H2,1H3,(H,21,23). The van der Waals surface area contributed by atoms with E-state index in [1.54, 1.807) is 6.92 Å². The Bertz CT molecular complexity index is 994. The Morgan fingerprint density at radius 1 is 1.26 bits per heavy atom. The predicted octanol–water partition coefficient (Wildman–Crippen LogP) is 3.16. The number of nitrogens with one attached hydrogen (secondary N) is 1. The third-order valence-electron chi connectivity index (χ3n) is 4.03. The molecular weight excluding hydrogens is 402 g/mol. The van der Waals surface area contributed by atoms with E-state index in [0.717, 1.165) is 16.4 Å². The lowest BCUT2D eigenvalue weighted by atomic mass is 10.2. The van der Waals surface area contributed by atoms with Crippen LogP contribution in [0.15, 0.2) is 35.2 Å². The molecule has 0 unspecified atom stereocenters. The summed E-state index contributed by atoms with van der Waals surface area (Å²) in [6.07, 6.45) is 0. The average molecular weight is 417 g/mol. The first-order valence-corrected chi connectivity index (χ1v) is 9.75. The van der Waals surface area contributed by atoms with Gasteiger partial charge in [-0.15, -0.1) is 0 Å². The summed E-state index contributed by atoms with van der Waals surface area (Å²) in [7, 11) is -4.19. The topological polar surface area (TPSA) is 75.7 Å². The van der Waals surface area contributed by atoms with Crippen LogP contribution in [0, 0.1) is 11.6 Å². The van der Waals surface area contributed by atoms with E-state index in [4.69, 9.17) is 16.3 Å². The molecule has 3 rings (SSSR count). The summed E-state index contributed by atoms with van der Waals surface area (Å²) >= 11 is 6.10. The fourth-order valence-electron chi connectivity index (χ4n) is 2.64. The predicted molar refractivity (Wildman–Crippen MR) is 95.2 cm³/mol. The van der Waals surface area contributed by atoms with E-state index in [9.17, 15) is 22.0 Å². The van der Waals surface area contributed by atoms with Gasteiger partial charge in [0.05, 0.1) is 10.7 Å². The Morgan fingerprint density at radius 2 is 1.93 bits per heavy atom. The lowest BCUT2D eigenvalue weighted by molar-refractivity contribution is -0.118. The molecular formula is C17H15ClF2N2O4S. The Kier molecular flexibility index (Phi) is 5.36. The average Bonchev–Trinajstić information content (AvgIpc) is 2.60. The molecule has 0 aliphatic carbocycles. The van der Waals surface area contributed by atoms with Crippen LogP contribution in [0.1, 0.15) is 12.5 Å². The monoisotopic (exact) mass is 416 g/mol. The Balaban J connectivity index is 2.00. The number of carbonyl (C=O) groups excluding carboxylic acids is 1. The minimum absolute atomic E-state index is 0.0406. The molecule has 1 aliphatic heterocycles. The molecule has 1 aliphatic rings. The van der Waals surface area contributed by atoms with Crippen LogP contribution in [-0.4, -0.2) is 31.8 Å². The second-order valence-electron chi connectivity index (χ2n) is 5.75. The second-order valence-corrected chi connectivity index (χ2v) is 8.06. The van der Waals surface area contributed by atoms with E-state index < -0.39 is 28.2 Å². The van der Waals surface area contributed by atoms with Crippen LogP contribution in [0.4, 0.5) is 14.5 Å². The van der Waals surface area contributed by atoms with E-state index >= 15 is 0 Å². The molecule has 2 aromatic carbocycles. The Morgan fingerprint density at radius 3 is 2.56 bits per heavy atom. The minimum atomic E-state index is -4.19. The van der Waals surface area contributed by atoms with Crippen LogP contribution in [-0.2, 0) is 21.4 Å². The van der Waals surface area contributed by atoms with Gasteiger partial charge in [0.15, 0.2) is 6.61 Å². The molecule has 1 N–H and O–H groups in total. The largest absolute Gasteiger partial charge is 0.482 e. The van der Waals surface area contributed by atoms with Gasteiger partial charge in [-0.2, -0.15) is 4.31 Å². The summed E-state index contributed by atoms with van der Waals surface area (Å²) in [5, 5.41) is 2.38. The van der Waals surface area contributed by atoms with Gasteiger partial charge in [0.2, 0.25) is 10.0 Å². The second kappa shape index (κ2) is 7.41. The Labute approximate surface area is 159 Å². The van der Waals surface area contributed by atoms with E-state index in [0.29, 0.717) is 0 Å². The first-order chi connectivity index (χ1) is 12.7.